The Morgan fingerprint density at radius 2 is 2.00 bits per heavy atom. The Morgan fingerprint density at radius 3 is 2.50 bits per heavy atom. The zero-order valence-corrected chi connectivity index (χ0v) is 9.99. The van der Waals surface area contributed by atoms with Crippen LogP contribution in [-0.2, 0) is 0 Å². The van der Waals surface area contributed by atoms with Crippen LogP contribution in [0.25, 0.3) is 0 Å². The Labute approximate surface area is 96.1 Å². The molecule has 0 aliphatic heterocycles. The fraction of sp³-hybridized carbons (Fsp3) is 0.462. The predicted octanol–water partition coefficient (Wildman–Crippen LogP) is 3.26. The van der Waals surface area contributed by atoms with Crippen LogP contribution in [0.4, 0.5) is 0 Å². The highest BCUT2D eigenvalue weighted by Gasteiger charge is 2.24. The van der Waals surface area contributed by atoms with Crippen LogP contribution in [0.15, 0.2) is 18.2 Å². The van der Waals surface area contributed by atoms with E-state index in [-0.39, 0.29) is 5.56 Å². The maximum atomic E-state index is 10.7. The first kappa shape index (κ1) is 12.6. The summed E-state index contributed by atoms with van der Waals surface area (Å²) in [6.07, 6.45) is 2.46. The minimum Gasteiger partial charge on any atom is -0.490 e. The third-order valence-electron chi connectivity index (χ3n) is 2.25. The number of hydrogen-bond acceptors (Lipinski definition) is 2. The van der Waals surface area contributed by atoms with E-state index in [0.717, 1.165) is 18.4 Å². The van der Waals surface area contributed by atoms with E-state index in [1.807, 2.05) is 20.8 Å². The van der Waals surface area contributed by atoms with Gasteiger partial charge in [-0.05, 0) is 37.5 Å². The molecule has 1 fully saturated rings. The molecule has 16 heavy (non-hydrogen) atoms. The van der Waals surface area contributed by atoms with Crippen molar-refractivity contribution in [3.8, 4) is 5.75 Å². The average Bonchev–Trinajstić information content (AvgIpc) is 3.08. The van der Waals surface area contributed by atoms with Gasteiger partial charge >= 0.3 is 5.97 Å². The summed E-state index contributed by atoms with van der Waals surface area (Å²) in [5.41, 5.74) is 1.27. The van der Waals surface area contributed by atoms with Crippen LogP contribution in [-0.4, -0.2) is 17.2 Å². The van der Waals surface area contributed by atoms with Crippen LogP contribution in [0.2, 0.25) is 0 Å². The van der Waals surface area contributed by atoms with Crippen LogP contribution < -0.4 is 4.74 Å². The van der Waals surface area contributed by atoms with E-state index in [9.17, 15) is 4.79 Å². The Kier molecular flexibility index (Phi) is 4.35. The zero-order valence-electron chi connectivity index (χ0n) is 9.99. The first-order chi connectivity index (χ1) is 7.66. The van der Waals surface area contributed by atoms with Gasteiger partial charge in [0.1, 0.15) is 5.75 Å². The first-order valence-electron chi connectivity index (χ1n) is 5.67. The highest BCUT2D eigenvalue weighted by atomic mass is 16.5. The number of aryl methyl sites for hydroxylation is 1. The highest BCUT2D eigenvalue weighted by molar-refractivity contribution is 5.88. The molecule has 1 aromatic carbocycles. The number of rotatable bonds is 3. The second-order valence-corrected chi connectivity index (χ2v) is 3.60. The van der Waals surface area contributed by atoms with Gasteiger partial charge in [0.2, 0.25) is 0 Å². The first-order valence-corrected chi connectivity index (χ1v) is 5.67. The number of carbonyl (C=O) groups is 1. The van der Waals surface area contributed by atoms with Crippen molar-refractivity contribution in [2.45, 2.75) is 39.7 Å². The van der Waals surface area contributed by atoms with Crippen molar-refractivity contribution in [3.05, 3.63) is 29.3 Å². The number of benzene rings is 1. The van der Waals surface area contributed by atoms with Crippen LogP contribution in [0.3, 0.4) is 0 Å². The summed E-state index contributed by atoms with van der Waals surface area (Å²) in [7, 11) is 0. The van der Waals surface area contributed by atoms with E-state index in [0.29, 0.717) is 11.9 Å². The van der Waals surface area contributed by atoms with E-state index in [4.69, 9.17) is 9.84 Å². The van der Waals surface area contributed by atoms with Gasteiger partial charge in [0, 0.05) is 0 Å². The average molecular weight is 222 g/mol. The largest absolute Gasteiger partial charge is 0.490 e. The molecule has 2 rings (SSSR count). The third kappa shape index (κ3) is 3.26. The number of carboxylic acid groups (broad SMARTS) is 1. The van der Waals surface area contributed by atoms with Crippen molar-refractivity contribution >= 4 is 5.97 Å². The molecule has 0 unspecified atom stereocenters. The van der Waals surface area contributed by atoms with Crippen molar-refractivity contribution in [2.24, 2.45) is 0 Å². The van der Waals surface area contributed by atoms with Gasteiger partial charge in [-0.25, -0.2) is 4.79 Å². The molecular weight excluding hydrogens is 204 g/mol. The molecule has 1 aliphatic rings. The highest BCUT2D eigenvalue weighted by Crippen LogP contribution is 2.29. The summed E-state index contributed by atoms with van der Waals surface area (Å²) in [5.74, 6) is -0.210. The summed E-state index contributed by atoms with van der Waals surface area (Å²) in [5, 5.41) is 8.79. The third-order valence-corrected chi connectivity index (χ3v) is 2.25. The molecule has 3 heteroatoms. The monoisotopic (exact) mass is 222 g/mol. The van der Waals surface area contributed by atoms with E-state index in [1.54, 1.807) is 18.2 Å². The molecule has 0 heterocycles. The normalized spacial score (nSPS) is 13.7. The maximum Gasteiger partial charge on any atom is 0.335 e. The minimum absolute atomic E-state index is 0.284. The van der Waals surface area contributed by atoms with E-state index in [1.165, 1.54) is 0 Å². The fourth-order valence-corrected chi connectivity index (χ4v) is 1.23. The minimum atomic E-state index is -0.911. The summed E-state index contributed by atoms with van der Waals surface area (Å²) >= 11 is 0. The molecule has 0 saturated heterocycles. The van der Waals surface area contributed by atoms with Crippen LogP contribution in [0, 0.1) is 6.92 Å². The summed E-state index contributed by atoms with van der Waals surface area (Å²) in [6, 6.07) is 4.97. The lowest BCUT2D eigenvalue weighted by Crippen LogP contribution is -2.01. The lowest BCUT2D eigenvalue weighted by atomic mass is 10.1. The molecule has 1 aliphatic carbocycles. The van der Waals surface area contributed by atoms with Crippen molar-refractivity contribution in [1.82, 2.24) is 0 Å². The van der Waals surface area contributed by atoms with E-state index >= 15 is 0 Å². The molecule has 0 bridgehead atoms. The fourth-order valence-electron chi connectivity index (χ4n) is 1.23. The molecule has 0 spiro atoms. The van der Waals surface area contributed by atoms with Crippen molar-refractivity contribution in [3.63, 3.8) is 0 Å². The van der Waals surface area contributed by atoms with Crippen LogP contribution >= 0.6 is 0 Å². The smallest absolute Gasteiger partial charge is 0.335 e. The van der Waals surface area contributed by atoms with Gasteiger partial charge in [-0.2, -0.15) is 0 Å². The molecule has 3 nitrogen and oxygen atoms in total. The Morgan fingerprint density at radius 1 is 1.38 bits per heavy atom. The van der Waals surface area contributed by atoms with Gasteiger partial charge in [0.15, 0.2) is 0 Å². The summed E-state index contributed by atoms with van der Waals surface area (Å²) in [6.45, 7) is 5.92. The second kappa shape index (κ2) is 5.54. The number of carboxylic acids is 1. The van der Waals surface area contributed by atoms with Crippen LogP contribution in [0.5, 0.6) is 5.75 Å². The van der Waals surface area contributed by atoms with Gasteiger partial charge in [-0.15, -0.1) is 0 Å². The van der Waals surface area contributed by atoms with Gasteiger partial charge in [-0.3, -0.25) is 0 Å². The van der Waals surface area contributed by atoms with Crippen molar-refractivity contribution in [2.75, 3.05) is 0 Å². The van der Waals surface area contributed by atoms with Crippen molar-refractivity contribution in [1.29, 1.82) is 0 Å². The molecular formula is C13H18O3. The number of ether oxygens (including phenoxy) is 1. The van der Waals surface area contributed by atoms with Gasteiger partial charge in [0.25, 0.3) is 0 Å². The molecule has 1 saturated carbocycles. The summed E-state index contributed by atoms with van der Waals surface area (Å²) < 4.78 is 5.58. The van der Waals surface area contributed by atoms with E-state index in [2.05, 4.69) is 0 Å². The molecule has 1 aromatic rings. The SMILES string of the molecule is CC.Cc1ccc(C(=O)O)cc1OC1CC1. The summed E-state index contributed by atoms with van der Waals surface area (Å²) in [4.78, 5) is 10.7. The van der Waals surface area contributed by atoms with Gasteiger partial charge in [0.05, 0.1) is 11.7 Å². The zero-order chi connectivity index (χ0) is 12.1. The Balaban J connectivity index is 0.000000606. The van der Waals surface area contributed by atoms with Gasteiger partial charge in [-0.1, -0.05) is 19.9 Å². The Bertz CT molecular complexity index is 367. The number of aromatic carboxylic acids is 1. The maximum absolute atomic E-state index is 10.7. The van der Waals surface area contributed by atoms with E-state index < -0.39 is 5.97 Å². The lowest BCUT2D eigenvalue weighted by Gasteiger charge is -2.08. The second-order valence-electron chi connectivity index (χ2n) is 3.60. The Hall–Kier alpha value is -1.51. The van der Waals surface area contributed by atoms with Crippen LogP contribution in [0.1, 0.15) is 42.6 Å². The van der Waals surface area contributed by atoms with Gasteiger partial charge < -0.3 is 9.84 Å². The molecule has 1 N–H and O–H groups in total. The molecule has 0 atom stereocenters. The van der Waals surface area contributed by atoms with Crippen molar-refractivity contribution < 1.29 is 14.6 Å². The number of hydrogen-bond donors (Lipinski definition) is 1. The topological polar surface area (TPSA) is 46.5 Å². The molecule has 88 valence electrons. The lowest BCUT2D eigenvalue weighted by molar-refractivity contribution is 0.0696. The molecule has 0 radical (unpaired) electrons. The molecule has 0 amide bonds. The molecule has 0 aromatic heterocycles. The predicted molar refractivity (Wildman–Crippen MR) is 63.1 cm³/mol. The quantitative estimate of drug-likeness (QED) is 0.853. The standard InChI is InChI=1S/C11H12O3.C2H6/c1-7-2-3-8(11(12)13)6-10(7)14-9-4-5-9;1-2/h2-3,6,9H,4-5H2,1H3,(H,12,13);1-2H3.